The third-order valence-electron chi connectivity index (χ3n) is 14.5. The second-order valence-electron chi connectivity index (χ2n) is 18.4. The summed E-state index contributed by atoms with van der Waals surface area (Å²) in [6, 6.07) is 41.7. The van der Waals surface area contributed by atoms with Gasteiger partial charge in [0.05, 0.1) is 68.8 Å². The largest absolute Gasteiger partial charge is 0.497 e. The van der Waals surface area contributed by atoms with Crippen LogP contribution in [0.4, 0.5) is 22.7 Å². The van der Waals surface area contributed by atoms with Crippen LogP contribution in [-0.2, 0) is 39.4 Å². The van der Waals surface area contributed by atoms with Crippen LogP contribution in [0.15, 0.2) is 140 Å². The fourth-order valence-electron chi connectivity index (χ4n) is 11.1. The topological polar surface area (TPSA) is 152 Å². The van der Waals surface area contributed by atoms with Gasteiger partial charge in [-0.05, 0) is 83.2 Å². The smallest absolute Gasteiger partial charge is 0.269 e. The number of methoxy groups -OCH3 is 1. The van der Waals surface area contributed by atoms with E-state index in [0.717, 1.165) is 21.9 Å². The van der Waals surface area contributed by atoms with Gasteiger partial charge in [-0.2, -0.15) is 0 Å². The lowest BCUT2D eigenvalue weighted by Crippen LogP contribution is -2.52. The number of anilines is 3. The number of nitrogens with zero attached hydrogens (tertiary/aromatic N) is 4. The molecule has 0 saturated carbocycles. The quantitative estimate of drug-likeness (QED) is 0.0808. The molecule has 1 fully saturated rings. The first-order valence-corrected chi connectivity index (χ1v) is 25.6. The minimum absolute atomic E-state index is 0.0606. The number of carbonyl (C=O) groups excluding carboxylic acids is 3. The predicted octanol–water partition coefficient (Wildman–Crippen LogP) is 8.79. The van der Waals surface area contributed by atoms with Gasteiger partial charge < -0.3 is 29.1 Å². The lowest BCUT2D eigenvalue weighted by molar-refractivity contribution is -0.385. The molecule has 0 aromatic heterocycles. The molecule has 6 aromatic carbocycles. The third-order valence-corrected chi connectivity index (χ3v) is 18.8. The molecule has 0 unspecified atom stereocenters. The van der Waals surface area contributed by atoms with E-state index in [4.69, 9.17) is 14.2 Å². The number of non-ortho nitro benzene ring substituents is 1. The number of nitro groups is 1. The van der Waals surface area contributed by atoms with Gasteiger partial charge in [-0.15, -0.1) is 0 Å². The number of rotatable bonds is 10. The van der Waals surface area contributed by atoms with Crippen molar-refractivity contribution in [2.75, 3.05) is 23.5 Å². The summed E-state index contributed by atoms with van der Waals surface area (Å²) >= 11 is 0. The van der Waals surface area contributed by atoms with Gasteiger partial charge in [-0.3, -0.25) is 29.4 Å². The van der Waals surface area contributed by atoms with Gasteiger partial charge in [0, 0.05) is 35.8 Å². The third kappa shape index (κ3) is 7.27. The number of amides is 3. The van der Waals surface area contributed by atoms with Crippen LogP contribution in [0.3, 0.4) is 0 Å². The molecule has 4 aliphatic heterocycles. The second kappa shape index (κ2) is 16.9. The molecule has 340 valence electrons. The first-order valence-electron chi connectivity index (χ1n) is 22.5. The lowest BCUT2D eigenvalue weighted by atomic mass is 9.82. The molecule has 67 heavy (non-hydrogen) atoms. The number of ether oxygens (including phenoxy) is 3. The molecule has 1 N–H and O–H groups in total. The molecule has 13 nitrogen and oxygen atoms in total. The summed E-state index contributed by atoms with van der Waals surface area (Å²) in [6.07, 6.45) is -0.314. The van der Waals surface area contributed by atoms with Gasteiger partial charge in [0.1, 0.15) is 11.5 Å². The van der Waals surface area contributed by atoms with E-state index >= 15 is 4.79 Å². The Kier molecular flexibility index (Phi) is 11.1. The highest BCUT2D eigenvalue weighted by Crippen LogP contribution is 2.61. The summed E-state index contributed by atoms with van der Waals surface area (Å²) in [5, 5.41) is 24.1. The average molecular weight is 915 g/mol. The number of aliphatic hydroxyl groups excluding tert-OH is 1. The maximum Gasteiger partial charge on any atom is 0.269 e. The van der Waals surface area contributed by atoms with Gasteiger partial charge >= 0.3 is 0 Å². The maximum absolute atomic E-state index is 15.6. The Bertz CT molecular complexity index is 2940. The molecular formula is C53H50N4O9Si. The monoisotopic (exact) mass is 914 g/mol. The molecule has 1 spiro atoms. The second-order valence-corrected chi connectivity index (χ2v) is 23.1. The van der Waals surface area contributed by atoms with Crippen molar-refractivity contribution in [2.24, 2.45) is 5.92 Å². The van der Waals surface area contributed by atoms with Gasteiger partial charge in [-0.1, -0.05) is 98.0 Å². The van der Waals surface area contributed by atoms with Gasteiger partial charge in [-0.25, -0.2) is 0 Å². The van der Waals surface area contributed by atoms with Crippen molar-refractivity contribution in [3.63, 3.8) is 0 Å². The summed E-state index contributed by atoms with van der Waals surface area (Å²) < 4.78 is 19.0. The highest BCUT2D eigenvalue weighted by atomic mass is 28.3. The Hall–Kier alpha value is -7.13. The highest BCUT2D eigenvalue weighted by molar-refractivity contribution is 6.91. The van der Waals surface area contributed by atoms with E-state index in [0.29, 0.717) is 58.4 Å². The minimum Gasteiger partial charge on any atom is -0.497 e. The number of nitro benzene ring substituents is 1. The van der Waals surface area contributed by atoms with Crippen molar-refractivity contribution in [1.82, 2.24) is 4.90 Å². The number of carbonyl (C=O) groups is 3. The van der Waals surface area contributed by atoms with Crippen LogP contribution in [0.1, 0.15) is 46.0 Å². The Morgan fingerprint density at radius 3 is 2.27 bits per heavy atom. The van der Waals surface area contributed by atoms with Crippen LogP contribution in [0.25, 0.3) is 0 Å². The van der Waals surface area contributed by atoms with Crippen LogP contribution >= 0.6 is 0 Å². The standard InChI is InChI=1S/C53H50N4O9Si/c1-33-50(67(3,4)41-24-22-40(64-2)23-25-41)48(29-49(59)54-31-36-12-6-5-11-35(36)27-39(54)32-58)66-53(33)43-28-38(57(62)63)21-26-44(43)55(52(53)61)30-34-17-19-37(20-18-34)56-45-14-8-10-16-47(45)65-46-15-9-7-13-42(46)51(56)60/h5-26,28,33,39,48,50,58H,27,29-32H2,1-4H3/t33-,39-,48+,50-,53+/m0/s1. The van der Waals surface area contributed by atoms with E-state index in [1.807, 2.05) is 110 Å². The number of hydrogen-bond acceptors (Lipinski definition) is 9. The fourth-order valence-corrected chi connectivity index (χ4v) is 15.1. The average Bonchev–Trinajstić information content (AvgIpc) is 3.71. The van der Waals surface area contributed by atoms with E-state index < -0.39 is 36.7 Å². The molecule has 4 heterocycles. The maximum atomic E-state index is 15.6. The normalized spacial score (nSPS) is 21.8. The Morgan fingerprint density at radius 2 is 1.55 bits per heavy atom. The van der Waals surface area contributed by atoms with Gasteiger partial charge in [0.2, 0.25) is 5.91 Å². The number of hydrogen-bond donors (Lipinski definition) is 1. The van der Waals surface area contributed by atoms with Crippen molar-refractivity contribution >= 4 is 53.7 Å². The van der Waals surface area contributed by atoms with E-state index in [2.05, 4.69) is 13.1 Å². The fraction of sp³-hybridized carbons (Fsp3) is 0.264. The van der Waals surface area contributed by atoms with E-state index in [1.165, 1.54) is 12.1 Å². The molecule has 0 bridgehead atoms. The zero-order valence-electron chi connectivity index (χ0n) is 37.6. The van der Waals surface area contributed by atoms with Crippen LogP contribution in [-0.4, -0.2) is 66.6 Å². The molecule has 3 amide bonds. The number of fused-ring (bicyclic) bond motifs is 5. The van der Waals surface area contributed by atoms with Crippen LogP contribution in [0, 0.1) is 16.0 Å². The summed E-state index contributed by atoms with van der Waals surface area (Å²) in [5.74, 6) is 0.321. The Labute approximate surface area is 389 Å². The predicted molar refractivity (Wildman–Crippen MR) is 256 cm³/mol. The van der Waals surface area contributed by atoms with Crippen LogP contribution < -0.4 is 24.5 Å². The molecule has 1 saturated heterocycles. The Balaban J connectivity index is 1.02. The van der Waals surface area contributed by atoms with Gasteiger partial charge in [0.25, 0.3) is 17.5 Å². The number of benzene rings is 6. The number of para-hydroxylation sites is 3. The van der Waals surface area contributed by atoms with Crippen LogP contribution in [0.2, 0.25) is 18.6 Å². The highest BCUT2D eigenvalue weighted by Gasteiger charge is 2.67. The summed E-state index contributed by atoms with van der Waals surface area (Å²) in [5.41, 5.74) is 3.13. The molecule has 10 rings (SSSR count). The summed E-state index contributed by atoms with van der Waals surface area (Å²) in [6.45, 7) is 6.63. The van der Waals surface area contributed by atoms with Crippen molar-refractivity contribution < 1.29 is 38.6 Å². The summed E-state index contributed by atoms with van der Waals surface area (Å²) in [7, 11) is -1.10. The van der Waals surface area contributed by atoms with Crippen LogP contribution in [0.5, 0.6) is 17.2 Å². The minimum atomic E-state index is -2.71. The zero-order chi connectivity index (χ0) is 46.8. The van der Waals surface area contributed by atoms with E-state index in [-0.39, 0.29) is 48.5 Å². The molecule has 5 atom stereocenters. The zero-order valence-corrected chi connectivity index (χ0v) is 38.6. The van der Waals surface area contributed by atoms with Gasteiger partial charge in [0.15, 0.2) is 11.4 Å². The lowest BCUT2D eigenvalue weighted by Gasteiger charge is -2.39. The van der Waals surface area contributed by atoms with Crippen molar-refractivity contribution in [2.45, 2.75) is 69.2 Å². The van der Waals surface area contributed by atoms with Crippen molar-refractivity contribution in [3.05, 3.63) is 177 Å². The molecular weight excluding hydrogens is 865 g/mol. The van der Waals surface area contributed by atoms with E-state index in [1.54, 1.807) is 46.1 Å². The SMILES string of the molecule is COc1ccc([Si](C)(C)[C@@H]2[C@@H](CC(=O)N3Cc4ccccc4C[C@H]3CO)O[C@]3(C(=O)N(Cc4ccc(N5C(=O)c6ccccc6Oc6ccccc65)cc4)c4ccc([N+](=O)[O-])cc43)[C@H]2C)cc1. The molecule has 14 heteroatoms. The molecule has 0 radical (unpaired) electrons. The summed E-state index contributed by atoms with van der Waals surface area (Å²) in [4.78, 5) is 61.5. The van der Waals surface area contributed by atoms with E-state index in [9.17, 15) is 24.8 Å². The molecule has 0 aliphatic carbocycles. The Morgan fingerprint density at radius 1 is 0.866 bits per heavy atom. The molecule has 6 aromatic rings. The molecule has 4 aliphatic rings. The first-order chi connectivity index (χ1) is 32.3. The first kappa shape index (κ1) is 43.7. The van der Waals surface area contributed by atoms with Crippen molar-refractivity contribution in [1.29, 1.82) is 0 Å². The van der Waals surface area contributed by atoms with Crippen molar-refractivity contribution in [3.8, 4) is 17.2 Å². The number of aliphatic hydroxyl groups is 1.